The van der Waals surface area contributed by atoms with E-state index in [2.05, 4.69) is 25.7 Å². The van der Waals surface area contributed by atoms with Crippen molar-refractivity contribution in [2.45, 2.75) is 51.3 Å². The largest absolute Gasteiger partial charge is 0.363 e. The number of nitrogens with one attached hydrogen (secondary N) is 2. The second kappa shape index (κ2) is 5.42. The van der Waals surface area contributed by atoms with Gasteiger partial charge in [0.05, 0.1) is 0 Å². The average Bonchev–Trinajstić information content (AvgIpc) is 2.29. The average molecular weight is 210 g/mol. The van der Waals surface area contributed by atoms with E-state index in [4.69, 9.17) is 10.1 Å². The Hall–Kier alpha value is -0.670. The second-order valence-corrected chi connectivity index (χ2v) is 4.35. The fourth-order valence-corrected chi connectivity index (χ4v) is 1.79. The van der Waals surface area contributed by atoms with Crippen LogP contribution < -0.4 is 5.32 Å². The van der Waals surface area contributed by atoms with Gasteiger partial charge in [-0.1, -0.05) is 13.5 Å². The Bertz CT molecular complexity index is 234. The van der Waals surface area contributed by atoms with Crippen LogP contribution in [0.1, 0.15) is 39.5 Å². The van der Waals surface area contributed by atoms with Gasteiger partial charge in [0.2, 0.25) is 0 Å². The van der Waals surface area contributed by atoms with Crippen molar-refractivity contribution < 1.29 is 4.74 Å². The minimum atomic E-state index is -0.205. The lowest BCUT2D eigenvalue weighted by atomic mass is 9.90. The van der Waals surface area contributed by atoms with Crippen LogP contribution in [0, 0.1) is 5.41 Å². The lowest BCUT2D eigenvalue weighted by Crippen LogP contribution is -2.51. The molecule has 0 radical (unpaired) electrons. The molecule has 0 aliphatic carbocycles. The van der Waals surface area contributed by atoms with E-state index < -0.39 is 0 Å². The molecule has 2 N–H and O–H groups in total. The minimum Gasteiger partial charge on any atom is -0.363 e. The smallest absolute Gasteiger partial charge is 0.108 e. The Morgan fingerprint density at radius 2 is 2.40 bits per heavy atom. The van der Waals surface area contributed by atoms with E-state index in [1.54, 1.807) is 0 Å². The molecule has 0 bridgehead atoms. The standard InChI is InChI=1S/C12H22N2O/c1-4-12(3,10(2)9-13)14-11-7-5-6-8-15-11/h9,11,13-14H,2,4-8H2,1,3H3. The molecular weight excluding hydrogens is 188 g/mol. The van der Waals surface area contributed by atoms with E-state index in [0.29, 0.717) is 0 Å². The third-order valence-electron chi connectivity index (χ3n) is 3.25. The third kappa shape index (κ3) is 3.14. The van der Waals surface area contributed by atoms with Crippen molar-refractivity contribution in [3.63, 3.8) is 0 Å². The zero-order chi connectivity index (χ0) is 11.3. The molecule has 86 valence electrons. The summed E-state index contributed by atoms with van der Waals surface area (Å²) in [5.74, 6) is 0. The van der Waals surface area contributed by atoms with Gasteiger partial charge in [-0.25, -0.2) is 0 Å². The first kappa shape index (κ1) is 12.4. The second-order valence-electron chi connectivity index (χ2n) is 4.35. The van der Waals surface area contributed by atoms with Gasteiger partial charge in [-0.05, 0) is 38.2 Å². The van der Waals surface area contributed by atoms with E-state index in [1.807, 2.05) is 0 Å². The normalized spacial score (nSPS) is 25.6. The molecule has 2 unspecified atom stereocenters. The van der Waals surface area contributed by atoms with Crippen molar-refractivity contribution in [3.8, 4) is 0 Å². The monoisotopic (exact) mass is 210 g/mol. The number of hydrogen-bond donors (Lipinski definition) is 2. The summed E-state index contributed by atoms with van der Waals surface area (Å²) in [6, 6.07) is 0. The summed E-state index contributed by atoms with van der Waals surface area (Å²) in [6.07, 6.45) is 5.81. The minimum absolute atomic E-state index is 0.125. The van der Waals surface area contributed by atoms with Gasteiger partial charge >= 0.3 is 0 Å². The highest BCUT2D eigenvalue weighted by Crippen LogP contribution is 2.21. The zero-order valence-corrected chi connectivity index (χ0v) is 9.81. The summed E-state index contributed by atoms with van der Waals surface area (Å²) >= 11 is 0. The molecule has 2 atom stereocenters. The van der Waals surface area contributed by atoms with Crippen molar-refractivity contribution in [1.82, 2.24) is 5.32 Å². The Kier molecular flexibility index (Phi) is 4.48. The Balaban J connectivity index is 2.57. The van der Waals surface area contributed by atoms with Crippen molar-refractivity contribution in [2.75, 3.05) is 6.61 Å². The highest BCUT2D eigenvalue weighted by molar-refractivity contribution is 5.77. The molecule has 0 saturated carbocycles. The maximum Gasteiger partial charge on any atom is 0.108 e. The van der Waals surface area contributed by atoms with Gasteiger partial charge in [0.1, 0.15) is 6.23 Å². The number of hydrogen-bond acceptors (Lipinski definition) is 3. The van der Waals surface area contributed by atoms with Gasteiger partial charge in [0.15, 0.2) is 0 Å². The van der Waals surface area contributed by atoms with Crippen LogP contribution in [-0.4, -0.2) is 24.6 Å². The van der Waals surface area contributed by atoms with Crippen molar-refractivity contribution in [3.05, 3.63) is 12.2 Å². The van der Waals surface area contributed by atoms with Gasteiger partial charge in [0, 0.05) is 18.4 Å². The maximum atomic E-state index is 7.28. The van der Waals surface area contributed by atoms with E-state index in [-0.39, 0.29) is 11.8 Å². The lowest BCUT2D eigenvalue weighted by molar-refractivity contribution is -0.0192. The molecular formula is C12H22N2O. The van der Waals surface area contributed by atoms with Gasteiger partial charge in [-0.15, -0.1) is 0 Å². The van der Waals surface area contributed by atoms with Crippen LogP contribution in [0.2, 0.25) is 0 Å². The van der Waals surface area contributed by atoms with E-state index in [1.165, 1.54) is 12.6 Å². The number of ether oxygens (including phenoxy) is 1. The molecule has 0 amide bonds. The molecule has 0 aromatic rings. The molecule has 15 heavy (non-hydrogen) atoms. The van der Waals surface area contributed by atoms with Crippen molar-refractivity contribution in [1.29, 1.82) is 5.41 Å². The molecule has 1 aliphatic rings. The van der Waals surface area contributed by atoms with E-state index >= 15 is 0 Å². The van der Waals surface area contributed by atoms with Crippen LogP contribution in [0.5, 0.6) is 0 Å². The summed E-state index contributed by atoms with van der Waals surface area (Å²) in [7, 11) is 0. The summed E-state index contributed by atoms with van der Waals surface area (Å²) in [5.41, 5.74) is 0.614. The fourth-order valence-electron chi connectivity index (χ4n) is 1.79. The first-order valence-electron chi connectivity index (χ1n) is 5.71. The van der Waals surface area contributed by atoms with Crippen LogP contribution in [0.15, 0.2) is 12.2 Å². The van der Waals surface area contributed by atoms with Crippen LogP contribution in [0.3, 0.4) is 0 Å². The molecule has 0 spiro atoms. The molecule has 1 aliphatic heterocycles. The summed E-state index contributed by atoms with van der Waals surface area (Å²) < 4.78 is 5.64. The van der Waals surface area contributed by atoms with Crippen molar-refractivity contribution in [2.24, 2.45) is 0 Å². The molecule has 1 saturated heterocycles. The quantitative estimate of drug-likeness (QED) is 0.685. The Morgan fingerprint density at radius 1 is 1.67 bits per heavy atom. The molecule has 3 nitrogen and oxygen atoms in total. The summed E-state index contributed by atoms with van der Waals surface area (Å²) in [5, 5.41) is 10.7. The van der Waals surface area contributed by atoms with Gasteiger partial charge in [-0.3, -0.25) is 5.32 Å². The SMILES string of the molecule is C=C(C=N)C(C)(CC)NC1CCCCO1. The maximum absolute atomic E-state index is 7.28. The molecule has 3 heteroatoms. The molecule has 0 aromatic carbocycles. The fraction of sp³-hybridized carbons (Fsp3) is 0.750. The number of rotatable bonds is 5. The predicted octanol–water partition coefficient (Wildman–Crippen LogP) is 2.48. The predicted molar refractivity (Wildman–Crippen MR) is 63.3 cm³/mol. The van der Waals surface area contributed by atoms with Crippen LogP contribution >= 0.6 is 0 Å². The first-order chi connectivity index (χ1) is 7.12. The molecule has 1 rings (SSSR count). The van der Waals surface area contributed by atoms with Gasteiger partial charge < -0.3 is 10.1 Å². The first-order valence-corrected chi connectivity index (χ1v) is 5.71. The van der Waals surface area contributed by atoms with Crippen LogP contribution in [0.25, 0.3) is 0 Å². The van der Waals surface area contributed by atoms with E-state index in [0.717, 1.165) is 31.4 Å². The Labute approximate surface area is 92.4 Å². The molecule has 1 fully saturated rings. The molecule has 0 aromatic heterocycles. The third-order valence-corrected chi connectivity index (χ3v) is 3.25. The van der Waals surface area contributed by atoms with E-state index in [9.17, 15) is 0 Å². The highest BCUT2D eigenvalue weighted by Gasteiger charge is 2.28. The van der Waals surface area contributed by atoms with Crippen molar-refractivity contribution >= 4 is 6.21 Å². The Morgan fingerprint density at radius 3 is 2.87 bits per heavy atom. The van der Waals surface area contributed by atoms with Crippen LogP contribution in [0.4, 0.5) is 0 Å². The van der Waals surface area contributed by atoms with Crippen LogP contribution in [-0.2, 0) is 4.74 Å². The highest BCUT2D eigenvalue weighted by atomic mass is 16.5. The molecule has 1 heterocycles. The zero-order valence-electron chi connectivity index (χ0n) is 9.81. The summed E-state index contributed by atoms with van der Waals surface area (Å²) in [4.78, 5) is 0. The lowest BCUT2D eigenvalue weighted by Gasteiger charge is -2.36. The topological polar surface area (TPSA) is 45.1 Å². The van der Waals surface area contributed by atoms with Gasteiger partial charge in [0.25, 0.3) is 0 Å². The summed E-state index contributed by atoms with van der Waals surface area (Å²) in [6.45, 7) is 8.95. The van der Waals surface area contributed by atoms with Gasteiger partial charge in [-0.2, -0.15) is 0 Å².